The molecule has 0 bridgehead atoms. The van der Waals surface area contributed by atoms with E-state index < -0.39 is 12.6 Å². The summed E-state index contributed by atoms with van der Waals surface area (Å²) in [6.07, 6.45) is -2.02. The van der Waals surface area contributed by atoms with Gasteiger partial charge in [-0.25, -0.2) is 0 Å². The predicted molar refractivity (Wildman–Crippen MR) is 61.2 cm³/mol. The van der Waals surface area contributed by atoms with Crippen molar-refractivity contribution in [3.8, 4) is 0 Å². The maximum atomic E-state index is 11.8. The largest absolute Gasteiger partial charge is 0.390 e. The van der Waals surface area contributed by atoms with Gasteiger partial charge in [-0.2, -0.15) is 13.2 Å². The number of unbranched alkanes of at least 4 members (excludes halogenated alkanes) is 1. The van der Waals surface area contributed by atoms with E-state index in [2.05, 4.69) is 22.6 Å². The molecule has 0 aliphatic heterocycles. The van der Waals surface area contributed by atoms with Gasteiger partial charge in [0.1, 0.15) is 0 Å². The lowest BCUT2D eigenvalue weighted by atomic mass is 10.1. The summed E-state index contributed by atoms with van der Waals surface area (Å²) in [6.45, 7) is 0. The first kappa shape index (κ1) is 13.2. The van der Waals surface area contributed by atoms with Gasteiger partial charge in [0.2, 0.25) is 0 Å². The zero-order valence-electron chi connectivity index (χ0n) is 6.50. The Bertz CT molecular complexity index is 114. The summed E-state index contributed by atoms with van der Waals surface area (Å²) >= 11 is 4.12. The number of hydrogen-bond donors (Lipinski definition) is 0. The van der Waals surface area contributed by atoms with Gasteiger partial charge in [0.05, 0.1) is 6.42 Å². The van der Waals surface area contributed by atoms with Crippen molar-refractivity contribution < 1.29 is 13.2 Å². The molecule has 0 aromatic carbocycles. The van der Waals surface area contributed by atoms with Crippen molar-refractivity contribution in [1.82, 2.24) is 0 Å². The summed E-state index contributed by atoms with van der Waals surface area (Å²) in [7, 11) is 0. The van der Waals surface area contributed by atoms with E-state index in [0.717, 1.165) is 17.3 Å². The smallest absolute Gasteiger partial charge is 0.171 e. The molecule has 0 fully saturated rings. The lowest BCUT2D eigenvalue weighted by Gasteiger charge is -2.11. The first-order valence-electron chi connectivity index (χ1n) is 3.72. The lowest BCUT2D eigenvalue weighted by Crippen LogP contribution is -2.14. The van der Waals surface area contributed by atoms with Crippen molar-refractivity contribution in [3.05, 3.63) is 0 Å². The summed E-state index contributed by atoms with van der Waals surface area (Å²) in [5, 5.41) is 0. The van der Waals surface area contributed by atoms with Crippen LogP contribution < -0.4 is 0 Å². The number of hydrogen-bond acceptors (Lipinski definition) is 0. The van der Waals surface area contributed by atoms with Crippen LogP contribution in [0.4, 0.5) is 13.2 Å². The Morgan fingerprint density at radius 1 is 1.17 bits per heavy atom. The van der Waals surface area contributed by atoms with Gasteiger partial charge in [0.25, 0.3) is 0 Å². The van der Waals surface area contributed by atoms with Crippen molar-refractivity contribution in [2.75, 3.05) is 4.43 Å². The number of rotatable bonds is 5. The Labute approximate surface area is 97.9 Å². The molecule has 0 aliphatic carbocycles. The quantitative estimate of drug-likeness (QED) is 0.362. The molecular weight excluding hydrogens is 395 g/mol. The Balaban J connectivity index is 3.40. The van der Waals surface area contributed by atoms with Crippen LogP contribution in [0.3, 0.4) is 0 Å². The first-order chi connectivity index (χ1) is 5.45. The summed E-state index contributed by atoms with van der Waals surface area (Å²) < 4.78 is 36.2. The van der Waals surface area contributed by atoms with Gasteiger partial charge in [0.15, 0.2) is 0 Å². The molecule has 1 atom stereocenters. The average molecular weight is 406 g/mol. The van der Waals surface area contributed by atoms with E-state index in [1.165, 1.54) is 0 Å². The van der Waals surface area contributed by atoms with E-state index in [-0.39, 0.29) is 3.92 Å². The van der Waals surface area contributed by atoms with Crippen molar-refractivity contribution in [3.63, 3.8) is 0 Å². The van der Waals surface area contributed by atoms with Crippen molar-refractivity contribution in [2.45, 2.75) is 35.8 Å². The summed E-state index contributed by atoms with van der Waals surface area (Å²) in [5.41, 5.74) is 0. The third kappa shape index (κ3) is 9.34. The third-order valence-electron chi connectivity index (χ3n) is 1.35. The van der Waals surface area contributed by atoms with Gasteiger partial charge >= 0.3 is 6.18 Å². The van der Waals surface area contributed by atoms with E-state index in [9.17, 15) is 13.2 Å². The van der Waals surface area contributed by atoms with Crippen LogP contribution in [0.1, 0.15) is 25.7 Å². The zero-order chi connectivity index (χ0) is 9.61. The molecule has 0 aromatic heterocycles. The molecule has 0 saturated carbocycles. The highest BCUT2D eigenvalue weighted by Crippen LogP contribution is 2.27. The minimum Gasteiger partial charge on any atom is -0.171 e. The number of halogens is 5. The number of alkyl halides is 5. The fraction of sp³-hybridized carbons (Fsp3) is 1.00. The van der Waals surface area contributed by atoms with E-state index in [0.29, 0.717) is 6.42 Å². The molecule has 1 unspecified atom stereocenters. The Morgan fingerprint density at radius 2 is 1.75 bits per heavy atom. The van der Waals surface area contributed by atoms with E-state index in [4.69, 9.17) is 0 Å². The maximum Gasteiger partial charge on any atom is 0.390 e. The monoisotopic (exact) mass is 406 g/mol. The second kappa shape index (κ2) is 6.67. The molecule has 0 amide bonds. The van der Waals surface area contributed by atoms with Crippen molar-refractivity contribution >= 4 is 45.2 Å². The molecule has 5 heteroatoms. The molecule has 0 radical (unpaired) electrons. The van der Waals surface area contributed by atoms with Crippen LogP contribution >= 0.6 is 45.2 Å². The van der Waals surface area contributed by atoms with Gasteiger partial charge < -0.3 is 0 Å². The average Bonchev–Trinajstić information content (AvgIpc) is 1.84. The van der Waals surface area contributed by atoms with Gasteiger partial charge in [-0.3, -0.25) is 0 Å². The molecule has 0 rings (SSSR count). The summed E-state index contributed by atoms with van der Waals surface area (Å²) in [6, 6.07) is 0. The topological polar surface area (TPSA) is 0 Å². The minimum absolute atomic E-state index is 0.245. The standard InChI is InChI=1S/C7H11F3I2/c8-7(9,10)5-6(12)3-1-2-4-11/h6H,1-5H2. The van der Waals surface area contributed by atoms with E-state index in [1.54, 1.807) is 0 Å². The highest BCUT2D eigenvalue weighted by atomic mass is 127. The molecular formula is C7H11F3I2. The molecule has 74 valence electrons. The molecule has 0 N–H and O–H groups in total. The van der Waals surface area contributed by atoms with Crippen LogP contribution in [0.2, 0.25) is 0 Å². The second-order valence-electron chi connectivity index (χ2n) is 2.60. The van der Waals surface area contributed by atoms with Crippen LogP contribution in [-0.2, 0) is 0 Å². The van der Waals surface area contributed by atoms with Crippen LogP contribution in [-0.4, -0.2) is 14.5 Å². The molecule has 0 heterocycles. The van der Waals surface area contributed by atoms with E-state index in [1.807, 2.05) is 22.6 Å². The third-order valence-corrected chi connectivity index (χ3v) is 3.18. The Morgan fingerprint density at radius 3 is 2.17 bits per heavy atom. The van der Waals surface area contributed by atoms with Crippen molar-refractivity contribution in [2.24, 2.45) is 0 Å². The minimum atomic E-state index is -3.99. The summed E-state index contributed by atoms with van der Waals surface area (Å²) in [4.78, 5) is 0. The Kier molecular flexibility index (Phi) is 7.36. The fourth-order valence-electron chi connectivity index (χ4n) is 0.814. The second-order valence-corrected chi connectivity index (χ2v) is 5.44. The van der Waals surface area contributed by atoms with E-state index >= 15 is 0 Å². The molecule has 0 saturated heterocycles. The maximum absolute atomic E-state index is 11.8. The first-order valence-corrected chi connectivity index (χ1v) is 6.49. The van der Waals surface area contributed by atoms with Gasteiger partial charge in [-0.1, -0.05) is 51.6 Å². The van der Waals surface area contributed by atoms with Crippen LogP contribution in [0.25, 0.3) is 0 Å². The SMILES string of the molecule is FC(F)(F)CC(I)CCCCI. The highest BCUT2D eigenvalue weighted by molar-refractivity contribution is 14.1. The fourth-order valence-corrected chi connectivity index (χ4v) is 2.29. The van der Waals surface area contributed by atoms with Crippen LogP contribution in [0.15, 0.2) is 0 Å². The van der Waals surface area contributed by atoms with Gasteiger partial charge in [0, 0.05) is 3.92 Å². The van der Waals surface area contributed by atoms with Crippen LogP contribution in [0.5, 0.6) is 0 Å². The van der Waals surface area contributed by atoms with Crippen molar-refractivity contribution in [1.29, 1.82) is 0 Å². The van der Waals surface area contributed by atoms with Crippen LogP contribution in [0, 0.1) is 0 Å². The molecule has 0 nitrogen and oxygen atoms in total. The molecule has 0 spiro atoms. The molecule has 0 aromatic rings. The Hall–Kier alpha value is 1.25. The highest BCUT2D eigenvalue weighted by Gasteiger charge is 2.30. The summed E-state index contributed by atoms with van der Waals surface area (Å²) in [5.74, 6) is 0. The normalized spacial score (nSPS) is 14.8. The lowest BCUT2D eigenvalue weighted by molar-refractivity contribution is -0.133. The molecule has 0 aliphatic rings. The van der Waals surface area contributed by atoms with Gasteiger partial charge in [-0.15, -0.1) is 0 Å². The molecule has 12 heavy (non-hydrogen) atoms. The zero-order valence-corrected chi connectivity index (χ0v) is 10.8. The predicted octanol–water partition coefficient (Wildman–Crippen LogP) is 4.35. The van der Waals surface area contributed by atoms with Gasteiger partial charge in [-0.05, 0) is 17.3 Å².